The number of hydrogen-bond acceptors (Lipinski definition) is 4. The van der Waals surface area contributed by atoms with Gasteiger partial charge in [0.15, 0.2) is 5.82 Å². The molecule has 0 saturated heterocycles. The number of nitrogens with one attached hydrogen (secondary N) is 1. The zero-order valence-corrected chi connectivity index (χ0v) is 13.4. The van der Waals surface area contributed by atoms with Gasteiger partial charge in [-0.05, 0) is 12.1 Å². The average Bonchev–Trinajstić information content (AvgIpc) is 2.99. The molecule has 0 radical (unpaired) electrons. The lowest BCUT2D eigenvalue weighted by Crippen LogP contribution is -2.12. The van der Waals surface area contributed by atoms with Crippen LogP contribution in [0.5, 0.6) is 0 Å². The van der Waals surface area contributed by atoms with E-state index in [0.29, 0.717) is 21.5 Å². The molecule has 0 spiro atoms. The summed E-state index contributed by atoms with van der Waals surface area (Å²) in [6, 6.07) is 14.4. The standard InChI is InChI=1S/C15H9Cl2N3OS/c16-11-8-4-7-10(12(11)17)14(21)19-15-18-13(20-22-15)9-5-2-1-3-6-9/h1-8H,(H,18,19,20,21). The van der Waals surface area contributed by atoms with Gasteiger partial charge in [-0.25, -0.2) is 0 Å². The largest absolute Gasteiger partial charge is 0.297 e. The number of rotatable bonds is 3. The Hall–Kier alpha value is -1.95. The Morgan fingerprint density at radius 3 is 2.59 bits per heavy atom. The fourth-order valence-corrected chi connectivity index (χ4v) is 2.79. The Labute approximate surface area is 140 Å². The number of halogens is 2. The number of amides is 1. The van der Waals surface area contributed by atoms with Gasteiger partial charge < -0.3 is 0 Å². The minimum absolute atomic E-state index is 0.217. The summed E-state index contributed by atoms with van der Waals surface area (Å²) in [5.74, 6) is 0.196. The van der Waals surface area contributed by atoms with Crippen molar-refractivity contribution in [1.82, 2.24) is 9.36 Å². The van der Waals surface area contributed by atoms with E-state index in [4.69, 9.17) is 23.2 Å². The van der Waals surface area contributed by atoms with Crippen molar-refractivity contribution < 1.29 is 4.79 Å². The van der Waals surface area contributed by atoms with E-state index in [-0.39, 0.29) is 10.9 Å². The first-order valence-electron chi connectivity index (χ1n) is 6.29. The minimum Gasteiger partial charge on any atom is -0.297 e. The second-order valence-electron chi connectivity index (χ2n) is 4.34. The molecule has 0 saturated carbocycles. The van der Waals surface area contributed by atoms with Crippen molar-refractivity contribution in [3.8, 4) is 11.4 Å². The van der Waals surface area contributed by atoms with Crippen LogP contribution in [0.3, 0.4) is 0 Å². The van der Waals surface area contributed by atoms with Crippen molar-refractivity contribution in [1.29, 1.82) is 0 Å². The second-order valence-corrected chi connectivity index (χ2v) is 5.88. The van der Waals surface area contributed by atoms with Crippen LogP contribution in [0, 0.1) is 0 Å². The van der Waals surface area contributed by atoms with Crippen LogP contribution >= 0.6 is 34.7 Å². The number of aromatic nitrogens is 2. The molecule has 0 aliphatic carbocycles. The van der Waals surface area contributed by atoms with Crippen LogP contribution in [0.25, 0.3) is 11.4 Å². The number of nitrogens with zero attached hydrogens (tertiary/aromatic N) is 2. The molecule has 7 heteroatoms. The highest BCUT2D eigenvalue weighted by Crippen LogP contribution is 2.27. The maximum absolute atomic E-state index is 12.2. The zero-order chi connectivity index (χ0) is 15.5. The Morgan fingerprint density at radius 1 is 1.05 bits per heavy atom. The normalized spacial score (nSPS) is 10.5. The molecule has 3 aromatic rings. The summed E-state index contributed by atoms with van der Waals surface area (Å²) < 4.78 is 4.23. The zero-order valence-electron chi connectivity index (χ0n) is 11.1. The smallest absolute Gasteiger partial charge is 0.259 e. The topological polar surface area (TPSA) is 54.9 Å². The summed E-state index contributed by atoms with van der Waals surface area (Å²) in [5.41, 5.74) is 1.19. The maximum Gasteiger partial charge on any atom is 0.259 e. The summed E-state index contributed by atoms with van der Waals surface area (Å²) in [6.45, 7) is 0. The monoisotopic (exact) mass is 349 g/mol. The van der Waals surface area contributed by atoms with Crippen LogP contribution in [0.2, 0.25) is 10.0 Å². The average molecular weight is 350 g/mol. The van der Waals surface area contributed by atoms with Gasteiger partial charge in [0.1, 0.15) is 0 Å². The lowest BCUT2D eigenvalue weighted by molar-refractivity contribution is 0.102. The van der Waals surface area contributed by atoms with E-state index in [1.165, 1.54) is 0 Å². The molecule has 1 amide bonds. The van der Waals surface area contributed by atoms with Crippen molar-refractivity contribution in [2.45, 2.75) is 0 Å². The van der Waals surface area contributed by atoms with Crippen LogP contribution in [0.4, 0.5) is 5.13 Å². The van der Waals surface area contributed by atoms with Crippen molar-refractivity contribution in [2.75, 3.05) is 5.32 Å². The van der Waals surface area contributed by atoms with E-state index < -0.39 is 0 Å². The first-order valence-corrected chi connectivity index (χ1v) is 7.82. The number of carbonyl (C=O) groups excluding carboxylic acids is 1. The Kier molecular flexibility index (Phi) is 4.38. The summed E-state index contributed by atoms with van der Waals surface area (Å²) in [6.07, 6.45) is 0. The molecule has 0 unspecified atom stereocenters. The van der Waals surface area contributed by atoms with E-state index in [9.17, 15) is 4.79 Å². The van der Waals surface area contributed by atoms with Gasteiger partial charge in [0, 0.05) is 17.1 Å². The Morgan fingerprint density at radius 2 is 1.82 bits per heavy atom. The van der Waals surface area contributed by atoms with Crippen molar-refractivity contribution >= 4 is 45.8 Å². The fourth-order valence-electron chi connectivity index (χ4n) is 1.82. The maximum atomic E-state index is 12.2. The molecule has 0 bridgehead atoms. The lowest BCUT2D eigenvalue weighted by Gasteiger charge is -2.04. The van der Waals surface area contributed by atoms with Crippen LogP contribution in [-0.4, -0.2) is 15.3 Å². The third-order valence-electron chi connectivity index (χ3n) is 2.87. The first kappa shape index (κ1) is 15.0. The number of hydrogen-bond donors (Lipinski definition) is 1. The van der Waals surface area contributed by atoms with Gasteiger partial charge in [-0.3, -0.25) is 10.1 Å². The van der Waals surface area contributed by atoms with Gasteiger partial charge in [-0.15, -0.1) is 0 Å². The molecule has 4 nitrogen and oxygen atoms in total. The van der Waals surface area contributed by atoms with Gasteiger partial charge in [0.05, 0.1) is 15.6 Å². The van der Waals surface area contributed by atoms with Crippen LogP contribution < -0.4 is 5.32 Å². The van der Waals surface area contributed by atoms with E-state index in [2.05, 4.69) is 14.7 Å². The third kappa shape index (κ3) is 3.11. The molecule has 2 aromatic carbocycles. The SMILES string of the molecule is O=C(Nc1nc(-c2ccccc2)ns1)c1cccc(Cl)c1Cl. The first-order chi connectivity index (χ1) is 10.6. The Balaban J connectivity index is 1.81. The minimum atomic E-state index is -0.372. The van der Waals surface area contributed by atoms with Crippen molar-refractivity contribution in [3.05, 3.63) is 64.1 Å². The van der Waals surface area contributed by atoms with E-state index in [1.807, 2.05) is 30.3 Å². The molecule has 0 atom stereocenters. The van der Waals surface area contributed by atoms with Crippen LogP contribution in [-0.2, 0) is 0 Å². The fraction of sp³-hybridized carbons (Fsp3) is 0. The highest BCUT2D eigenvalue weighted by molar-refractivity contribution is 7.10. The highest BCUT2D eigenvalue weighted by atomic mass is 35.5. The molecule has 0 aliphatic heterocycles. The van der Waals surface area contributed by atoms with Gasteiger partial charge in [0.25, 0.3) is 5.91 Å². The molecule has 0 fully saturated rings. The molecular formula is C15H9Cl2N3OS. The Bertz CT molecular complexity index is 821. The predicted molar refractivity (Wildman–Crippen MR) is 89.8 cm³/mol. The van der Waals surface area contributed by atoms with Gasteiger partial charge in [-0.1, -0.05) is 59.6 Å². The molecule has 0 aliphatic rings. The quantitative estimate of drug-likeness (QED) is 0.741. The van der Waals surface area contributed by atoms with Gasteiger partial charge >= 0.3 is 0 Å². The predicted octanol–water partition coefficient (Wildman–Crippen LogP) is 4.76. The molecule has 1 N–H and O–H groups in total. The van der Waals surface area contributed by atoms with Gasteiger partial charge in [0.2, 0.25) is 5.13 Å². The van der Waals surface area contributed by atoms with E-state index >= 15 is 0 Å². The molecular weight excluding hydrogens is 341 g/mol. The highest BCUT2D eigenvalue weighted by Gasteiger charge is 2.15. The molecule has 1 aromatic heterocycles. The molecule has 22 heavy (non-hydrogen) atoms. The van der Waals surface area contributed by atoms with Crippen LogP contribution in [0.1, 0.15) is 10.4 Å². The van der Waals surface area contributed by atoms with E-state index in [0.717, 1.165) is 17.1 Å². The number of carbonyl (C=O) groups is 1. The molecule has 3 rings (SSSR count). The summed E-state index contributed by atoms with van der Waals surface area (Å²) in [4.78, 5) is 16.5. The van der Waals surface area contributed by atoms with Crippen molar-refractivity contribution in [2.24, 2.45) is 0 Å². The van der Waals surface area contributed by atoms with Crippen LogP contribution in [0.15, 0.2) is 48.5 Å². The lowest BCUT2D eigenvalue weighted by atomic mass is 10.2. The summed E-state index contributed by atoms with van der Waals surface area (Å²) in [7, 11) is 0. The van der Waals surface area contributed by atoms with E-state index in [1.54, 1.807) is 18.2 Å². The summed E-state index contributed by atoms with van der Waals surface area (Å²) >= 11 is 13.0. The number of benzene rings is 2. The summed E-state index contributed by atoms with van der Waals surface area (Å²) in [5, 5.41) is 3.63. The second kappa shape index (κ2) is 6.44. The van der Waals surface area contributed by atoms with Gasteiger partial charge in [-0.2, -0.15) is 9.36 Å². The molecule has 110 valence electrons. The van der Waals surface area contributed by atoms with Crippen molar-refractivity contribution in [3.63, 3.8) is 0 Å². The molecule has 1 heterocycles. The third-order valence-corrected chi connectivity index (χ3v) is 4.32. The number of anilines is 1.